The first-order chi connectivity index (χ1) is 26.5. The molecule has 0 radical (unpaired) electrons. The average Bonchev–Trinajstić information content (AvgIpc) is 3.19. The molecule has 5 heterocycles. The standard InChI is InChI=1S/C30H52O26/c31-1-6-11(36)15(40)19(44)27(49-6)54-23-13(38)8(3-33)51-29(21(23)46)56-25-24(55-28-20(45)16(41)12(37)7(2-32)50-28)14(39)9(4-34)52-30(25)53-22-10(5-35)48-26(47)18(43)17(22)42/h6-47H,1-5H2/t6-,7-,8-,9-,10-,11-,12-,13-,14-,15+,16+,17-,18-,19-,20-,21-,22+,23+,24+,25-,26?,27+,28+,29+,30+/m1/s1. The average molecular weight is 829 g/mol. The van der Waals surface area contributed by atoms with E-state index in [0.29, 0.717) is 0 Å². The predicted octanol–water partition coefficient (Wildman–Crippen LogP) is -11.9. The summed E-state index contributed by atoms with van der Waals surface area (Å²) in [5.41, 5.74) is 0. The molecular weight excluding hydrogens is 776 g/mol. The van der Waals surface area contributed by atoms with Gasteiger partial charge in [0.05, 0.1) is 33.0 Å². The van der Waals surface area contributed by atoms with E-state index in [4.69, 9.17) is 42.6 Å². The highest BCUT2D eigenvalue weighted by molar-refractivity contribution is 4.99. The maximum absolute atomic E-state index is 11.5. The van der Waals surface area contributed by atoms with Crippen LogP contribution in [0.5, 0.6) is 0 Å². The van der Waals surface area contributed by atoms with E-state index in [9.17, 15) is 86.8 Å². The van der Waals surface area contributed by atoms with E-state index < -0.39 is 187 Å². The molecule has 56 heavy (non-hydrogen) atoms. The normalized spacial score (nSPS) is 53.2. The summed E-state index contributed by atoms with van der Waals surface area (Å²) in [6.07, 6.45) is -48.2. The molecule has 0 aromatic rings. The maximum atomic E-state index is 11.5. The molecule has 26 heteroatoms. The molecule has 0 aromatic carbocycles. The lowest BCUT2D eigenvalue weighted by molar-refractivity contribution is -0.410. The minimum atomic E-state index is -2.22. The van der Waals surface area contributed by atoms with E-state index in [1.54, 1.807) is 0 Å². The van der Waals surface area contributed by atoms with Crippen molar-refractivity contribution in [2.24, 2.45) is 0 Å². The topological polar surface area (TPSA) is 427 Å². The Morgan fingerprint density at radius 3 is 1.09 bits per heavy atom. The Morgan fingerprint density at radius 2 is 0.625 bits per heavy atom. The minimum Gasteiger partial charge on any atom is -0.394 e. The van der Waals surface area contributed by atoms with Crippen molar-refractivity contribution >= 4 is 0 Å². The van der Waals surface area contributed by atoms with Gasteiger partial charge in [0, 0.05) is 0 Å². The van der Waals surface area contributed by atoms with Crippen LogP contribution in [0, 0.1) is 0 Å². The Bertz CT molecular complexity index is 1200. The van der Waals surface area contributed by atoms with Crippen molar-refractivity contribution in [3.05, 3.63) is 0 Å². The summed E-state index contributed by atoms with van der Waals surface area (Å²) in [7, 11) is 0. The zero-order valence-electron chi connectivity index (χ0n) is 29.2. The van der Waals surface area contributed by atoms with E-state index in [1.807, 2.05) is 0 Å². The molecule has 0 bridgehead atoms. The summed E-state index contributed by atoms with van der Waals surface area (Å²) in [5.74, 6) is 0. The highest BCUT2D eigenvalue weighted by Crippen LogP contribution is 2.37. The summed E-state index contributed by atoms with van der Waals surface area (Å²) in [6, 6.07) is 0. The summed E-state index contributed by atoms with van der Waals surface area (Å²) < 4.78 is 50.4. The summed E-state index contributed by atoms with van der Waals surface area (Å²) in [4.78, 5) is 0. The molecule has 0 spiro atoms. The van der Waals surface area contributed by atoms with Crippen molar-refractivity contribution in [1.82, 2.24) is 0 Å². The zero-order valence-corrected chi connectivity index (χ0v) is 29.2. The quantitative estimate of drug-likeness (QED) is 0.0819. The first kappa shape index (κ1) is 46.0. The van der Waals surface area contributed by atoms with Gasteiger partial charge in [-0.15, -0.1) is 0 Å². The molecule has 5 rings (SSSR count). The molecular formula is C30H52O26. The number of rotatable bonds is 13. The number of aliphatic hydroxyl groups excluding tert-OH is 17. The van der Waals surface area contributed by atoms with Crippen LogP contribution in [-0.2, 0) is 42.6 Å². The van der Waals surface area contributed by atoms with Crippen molar-refractivity contribution in [3.63, 3.8) is 0 Å². The Morgan fingerprint density at radius 1 is 0.268 bits per heavy atom. The molecule has 0 aromatic heterocycles. The number of aliphatic hydroxyl groups is 17. The number of hydrogen-bond donors (Lipinski definition) is 17. The number of ether oxygens (including phenoxy) is 9. The van der Waals surface area contributed by atoms with Crippen LogP contribution in [0.15, 0.2) is 0 Å². The first-order valence-electron chi connectivity index (χ1n) is 17.6. The fraction of sp³-hybridized carbons (Fsp3) is 1.00. The van der Waals surface area contributed by atoms with Gasteiger partial charge in [0.1, 0.15) is 122 Å². The molecule has 1 unspecified atom stereocenters. The Balaban J connectivity index is 1.50. The van der Waals surface area contributed by atoms with E-state index >= 15 is 0 Å². The fourth-order valence-electron chi connectivity index (χ4n) is 6.99. The van der Waals surface area contributed by atoms with Gasteiger partial charge in [-0.25, -0.2) is 0 Å². The van der Waals surface area contributed by atoms with Crippen LogP contribution in [0.4, 0.5) is 0 Å². The first-order valence-corrected chi connectivity index (χ1v) is 17.6. The van der Waals surface area contributed by atoms with Crippen LogP contribution in [-0.4, -0.2) is 273 Å². The summed E-state index contributed by atoms with van der Waals surface area (Å²) in [6.45, 7) is -4.75. The van der Waals surface area contributed by atoms with Crippen LogP contribution in [0.1, 0.15) is 0 Å². The molecule has 5 saturated heterocycles. The minimum absolute atomic E-state index is 0.876. The van der Waals surface area contributed by atoms with Gasteiger partial charge in [0.25, 0.3) is 0 Å². The van der Waals surface area contributed by atoms with Gasteiger partial charge >= 0.3 is 0 Å². The molecule has 5 aliphatic heterocycles. The lowest BCUT2D eigenvalue weighted by Gasteiger charge is -2.51. The van der Waals surface area contributed by atoms with Crippen LogP contribution in [0.2, 0.25) is 0 Å². The molecule has 25 atom stereocenters. The third-order valence-electron chi connectivity index (χ3n) is 10.3. The lowest BCUT2D eigenvalue weighted by atomic mass is 9.95. The highest BCUT2D eigenvalue weighted by atomic mass is 16.8. The number of hydrogen-bond acceptors (Lipinski definition) is 26. The smallest absolute Gasteiger partial charge is 0.187 e. The Kier molecular flexibility index (Phi) is 16.1. The molecule has 0 saturated carbocycles. The van der Waals surface area contributed by atoms with Crippen LogP contribution >= 0.6 is 0 Å². The van der Waals surface area contributed by atoms with Gasteiger partial charge in [-0.3, -0.25) is 0 Å². The summed E-state index contributed by atoms with van der Waals surface area (Å²) >= 11 is 0. The van der Waals surface area contributed by atoms with Crippen molar-refractivity contribution in [2.45, 2.75) is 154 Å². The van der Waals surface area contributed by atoms with Crippen molar-refractivity contribution in [1.29, 1.82) is 0 Å². The lowest BCUT2D eigenvalue weighted by Crippen LogP contribution is -2.69. The fourth-order valence-corrected chi connectivity index (χ4v) is 6.99. The molecule has 0 amide bonds. The van der Waals surface area contributed by atoms with Crippen LogP contribution < -0.4 is 0 Å². The van der Waals surface area contributed by atoms with Gasteiger partial charge in [0.15, 0.2) is 31.5 Å². The van der Waals surface area contributed by atoms with Gasteiger partial charge in [-0.05, 0) is 0 Å². The molecule has 26 nitrogen and oxygen atoms in total. The second-order valence-electron chi connectivity index (χ2n) is 13.9. The maximum Gasteiger partial charge on any atom is 0.187 e. The van der Waals surface area contributed by atoms with Crippen LogP contribution in [0.3, 0.4) is 0 Å². The summed E-state index contributed by atoms with van der Waals surface area (Å²) in [5, 5.41) is 177. The molecule has 17 N–H and O–H groups in total. The Hall–Kier alpha value is -1.04. The van der Waals surface area contributed by atoms with Gasteiger partial charge in [-0.1, -0.05) is 0 Å². The predicted molar refractivity (Wildman–Crippen MR) is 167 cm³/mol. The molecule has 5 fully saturated rings. The SMILES string of the molecule is OC[C@H]1O[C@@H](O[C@@H]2[C@@H](O)[C@H](O[C@H]3[C@H](O[C@@H]4[C@H](O)[C@@H](O)C(O)O[C@@H]4CO)O[C@H](CO)[C@@H](O)[C@@H]3O[C@@H]3O[C@H](CO)[C@@H](O)[C@H](O)[C@H]3O)O[C@H](CO)[C@H]2O)[C@H](O)[C@@H](O)[C@@H]1O. The van der Waals surface area contributed by atoms with Gasteiger partial charge < -0.3 is 129 Å². The molecule has 0 aliphatic carbocycles. The highest BCUT2D eigenvalue weighted by Gasteiger charge is 2.57. The largest absolute Gasteiger partial charge is 0.394 e. The Labute approximate surface area is 316 Å². The molecule has 328 valence electrons. The van der Waals surface area contributed by atoms with E-state index in [-0.39, 0.29) is 0 Å². The third-order valence-corrected chi connectivity index (χ3v) is 10.3. The van der Waals surface area contributed by atoms with Crippen molar-refractivity contribution in [3.8, 4) is 0 Å². The van der Waals surface area contributed by atoms with E-state index in [2.05, 4.69) is 0 Å². The van der Waals surface area contributed by atoms with E-state index in [0.717, 1.165) is 0 Å². The third kappa shape index (κ3) is 9.16. The van der Waals surface area contributed by atoms with Gasteiger partial charge in [0.2, 0.25) is 0 Å². The van der Waals surface area contributed by atoms with Gasteiger partial charge in [-0.2, -0.15) is 0 Å². The zero-order chi connectivity index (χ0) is 41.3. The van der Waals surface area contributed by atoms with E-state index in [1.165, 1.54) is 0 Å². The monoisotopic (exact) mass is 828 g/mol. The van der Waals surface area contributed by atoms with Crippen LogP contribution in [0.25, 0.3) is 0 Å². The second-order valence-corrected chi connectivity index (χ2v) is 13.9. The van der Waals surface area contributed by atoms with Crippen molar-refractivity contribution in [2.75, 3.05) is 33.0 Å². The molecule has 5 aliphatic rings. The second kappa shape index (κ2) is 19.6. The van der Waals surface area contributed by atoms with Crippen molar-refractivity contribution < 1.29 is 129 Å².